The second kappa shape index (κ2) is 16.9. The fourth-order valence-electron chi connectivity index (χ4n) is 4.20. The highest BCUT2D eigenvalue weighted by Gasteiger charge is 2.12. The normalized spacial score (nSPS) is 12.6. The summed E-state index contributed by atoms with van der Waals surface area (Å²) in [6.07, 6.45) is 24.5. The Hall–Kier alpha value is -1.69. The van der Waals surface area contributed by atoms with Gasteiger partial charge in [-0.2, -0.15) is 0 Å². The molecule has 2 aromatic rings. The minimum Gasteiger partial charge on any atom is -0.382 e. The van der Waals surface area contributed by atoms with Crippen LogP contribution in [0.4, 0.5) is 5.82 Å². The van der Waals surface area contributed by atoms with Crippen LogP contribution < -0.4 is 5.73 Å². The SMILES string of the molecule is [CH2]C(CCCOCCCCCCCCCCCCCCCC)n1cnc2c(N)ncnc21. The first-order chi connectivity index (χ1) is 15.7. The van der Waals surface area contributed by atoms with Crippen LogP contribution in [-0.2, 0) is 4.74 Å². The predicted octanol–water partition coefficient (Wildman–Crippen LogP) is 7.06. The molecule has 181 valence electrons. The molecule has 1 atom stereocenters. The molecule has 6 heteroatoms. The van der Waals surface area contributed by atoms with Gasteiger partial charge in [-0.3, -0.25) is 0 Å². The number of rotatable bonds is 20. The van der Waals surface area contributed by atoms with Crippen molar-refractivity contribution in [1.29, 1.82) is 0 Å². The number of anilines is 1. The van der Waals surface area contributed by atoms with Gasteiger partial charge in [0.1, 0.15) is 11.8 Å². The highest BCUT2D eigenvalue weighted by Crippen LogP contribution is 2.21. The third kappa shape index (κ3) is 10.3. The fraction of sp³-hybridized carbons (Fsp3) is 0.769. The molecule has 6 nitrogen and oxygen atoms in total. The third-order valence-electron chi connectivity index (χ3n) is 6.25. The standard InChI is InChI=1S/C26H46N5O/c1-3-4-5-6-7-8-9-10-11-12-13-14-15-16-19-32-20-17-18-23(2)31-22-30-24-25(27)28-21-29-26(24)31/h21-23H,2-20H2,1H3,(H2,27,28,29). The van der Waals surface area contributed by atoms with E-state index in [0.717, 1.165) is 31.7 Å². The smallest absolute Gasteiger partial charge is 0.165 e. The number of nitrogen functional groups attached to an aromatic ring is 1. The van der Waals surface area contributed by atoms with Gasteiger partial charge in [0.25, 0.3) is 0 Å². The molecule has 2 N–H and O–H groups in total. The van der Waals surface area contributed by atoms with Gasteiger partial charge >= 0.3 is 0 Å². The monoisotopic (exact) mass is 444 g/mol. The highest BCUT2D eigenvalue weighted by atomic mass is 16.5. The highest BCUT2D eigenvalue weighted by molar-refractivity contribution is 5.81. The van der Waals surface area contributed by atoms with Gasteiger partial charge in [0.2, 0.25) is 0 Å². The first kappa shape index (κ1) is 26.6. The summed E-state index contributed by atoms with van der Waals surface area (Å²) in [6, 6.07) is 0.0685. The number of nitrogens with zero attached hydrogens (tertiary/aromatic N) is 4. The lowest BCUT2D eigenvalue weighted by atomic mass is 10.0. The zero-order chi connectivity index (χ0) is 22.9. The van der Waals surface area contributed by atoms with Crippen LogP contribution in [-0.4, -0.2) is 32.7 Å². The van der Waals surface area contributed by atoms with E-state index in [4.69, 9.17) is 10.5 Å². The summed E-state index contributed by atoms with van der Waals surface area (Å²) >= 11 is 0. The van der Waals surface area contributed by atoms with Crippen molar-refractivity contribution in [3.05, 3.63) is 19.6 Å². The molecule has 0 aromatic carbocycles. The van der Waals surface area contributed by atoms with Crippen LogP contribution in [0, 0.1) is 6.92 Å². The Morgan fingerprint density at radius 2 is 1.38 bits per heavy atom. The number of unbranched alkanes of at least 4 members (excludes halogenated alkanes) is 13. The Morgan fingerprint density at radius 1 is 0.812 bits per heavy atom. The minimum absolute atomic E-state index is 0.0685. The molecular weight excluding hydrogens is 398 g/mol. The molecule has 0 amide bonds. The summed E-state index contributed by atoms with van der Waals surface area (Å²) < 4.78 is 7.79. The van der Waals surface area contributed by atoms with Crippen LogP contribution in [0.15, 0.2) is 12.7 Å². The van der Waals surface area contributed by atoms with Crippen LogP contribution in [0.5, 0.6) is 0 Å². The largest absolute Gasteiger partial charge is 0.382 e. The molecule has 0 aliphatic carbocycles. The van der Waals surface area contributed by atoms with Crippen LogP contribution in [0.2, 0.25) is 0 Å². The molecular formula is C26H46N5O. The van der Waals surface area contributed by atoms with E-state index in [-0.39, 0.29) is 6.04 Å². The van der Waals surface area contributed by atoms with Crippen LogP contribution in [0.25, 0.3) is 11.2 Å². The Labute approximate surface area is 195 Å². The molecule has 0 saturated carbocycles. The van der Waals surface area contributed by atoms with Crippen LogP contribution in [0.1, 0.15) is 116 Å². The Kier molecular flexibility index (Phi) is 14.0. The zero-order valence-corrected chi connectivity index (χ0v) is 20.4. The lowest BCUT2D eigenvalue weighted by molar-refractivity contribution is 0.124. The average molecular weight is 445 g/mol. The zero-order valence-electron chi connectivity index (χ0n) is 20.4. The van der Waals surface area contributed by atoms with E-state index in [9.17, 15) is 0 Å². The van der Waals surface area contributed by atoms with Gasteiger partial charge in [0, 0.05) is 19.3 Å². The van der Waals surface area contributed by atoms with Gasteiger partial charge in [-0.25, -0.2) is 15.0 Å². The topological polar surface area (TPSA) is 78.9 Å². The van der Waals surface area contributed by atoms with E-state index in [2.05, 4.69) is 28.8 Å². The van der Waals surface area contributed by atoms with Crippen molar-refractivity contribution in [2.75, 3.05) is 18.9 Å². The van der Waals surface area contributed by atoms with Gasteiger partial charge in [-0.05, 0) is 26.2 Å². The maximum Gasteiger partial charge on any atom is 0.165 e. The van der Waals surface area contributed by atoms with Crippen LogP contribution in [0.3, 0.4) is 0 Å². The first-order valence-corrected chi connectivity index (χ1v) is 13.1. The van der Waals surface area contributed by atoms with Gasteiger partial charge < -0.3 is 15.0 Å². The third-order valence-corrected chi connectivity index (χ3v) is 6.25. The lowest BCUT2D eigenvalue weighted by Gasteiger charge is -2.13. The molecule has 2 rings (SSSR count). The second-order valence-electron chi connectivity index (χ2n) is 9.09. The van der Waals surface area contributed by atoms with Gasteiger partial charge in [0.05, 0.1) is 6.33 Å². The maximum absolute atomic E-state index is 5.85. The van der Waals surface area contributed by atoms with Crippen molar-refractivity contribution >= 4 is 17.0 Å². The molecule has 0 aliphatic rings. The van der Waals surface area contributed by atoms with Crippen molar-refractivity contribution in [1.82, 2.24) is 19.5 Å². The first-order valence-electron chi connectivity index (χ1n) is 13.1. The molecule has 2 heterocycles. The van der Waals surface area contributed by atoms with E-state index in [1.54, 1.807) is 6.33 Å². The minimum atomic E-state index is 0.0685. The number of ether oxygens (including phenoxy) is 1. The molecule has 2 aromatic heterocycles. The number of hydrogen-bond acceptors (Lipinski definition) is 5. The molecule has 0 aliphatic heterocycles. The Balaban J connectivity index is 1.36. The van der Waals surface area contributed by atoms with E-state index in [0.29, 0.717) is 11.3 Å². The summed E-state index contributed by atoms with van der Waals surface area (Å²) in [5.74, 6) is 0.414. The molecule has 0 bridgehead atoms. The summed E-state index contributed by atoms with van der Waals surface area (Å²) in [5, 5.41) is 0. The number of imidazole rings is 1. The van der Waals surface area contributed by atoms with Gasteiger partial charge in [0.15, 0.2) is 11.5 Å². The number of fused-ring (bicyclic) bond motifs is 1. The number of hydrogen-bond donors (Lipinski definition) is 1. The molecule has 1 unspecified atom stereocenters. The van der Waals surface area contributed by atoms with Crippen LogP contribution >= 0.6 is 0 Å². The average Bonchev–Trinajstić information content (AvgIpc) is 3.24. The van der Waals surface area contributed by atoms with E-state index >= 15 is 0 Å². The Bertz CT molecular complexity index is 717. The van der Waals surface area contributed by atoms with Crippen molar-refractivity contribution in [2.45, 2.75) is 116 Å². The summed E-state index contributed by atoms with van der Waals surface area (Å²) in [6.45, 7) is 8.18. The van der Waals surface area contributed by atoms with Gasteiger partial charge in [-0.1, -0.05) is 90.4 Å². The fourth-order valence-corrected chi connectivity index (χ4v) is 4.20. The molecule has 0 fully saturated rings. The Morgan fingerprint density at radius 3 is 2.00 bits per heavy atom. The molecule has 0 saturated heterocycles. The van der Waals surface area contributed by atoms with Crippen molar-refractivity contribution < 1.29 is 4.74 Å². The predicted molar refractivity (Wildman–Crippen MR) is 134 cm³/mol. The van der Waals surface area contributed by atoms with Crippen molar-refractivity contribution in [3.63, 3.8) is 0 Å². The van der Waals surface area contributed by atoms with E-state index in [1.165, 1.54) is 96.2 Å². The summed E-state index contributed by atoms with van der Waals surface area (Å²) in [4.78, 5) is 12.6. The lowest BCUT2D eigenvalue weighted by Crippen LogP contribution is -2.07. The number of aromatic nitrogens is 4. The summed E-state index contributed by atoms with van der Waals surface area (Å²) in [5.41, 5.74) is 7.25. The van der Waals surface area contributed by atoms with E-state index < -0.39 is 0 Å². The number of nitrogens with two attached hydrogens (primary N) is 1. The van der Waals surface area contributed by atoms with Crippen molar-refractivity contribution in [3.8, 4) is 0 Å². The molecule has 32 heavy (non-hydrogen) atoms. The van der Waals surface area contributed by atoms with E-state index in [1.807, 2.05) is 4.57 Å². The quantitative estimate of drug-likeness (QED) is 0.221. The van der Waals surface area contributed by atoms with Gasteiger partial charge in [-0.15, -0.1) is 0 Å². The van der Waals surface area contributed by atoms with Crippen molar-refractivity contribution in [2.24, 2.45) is 0 Å². The molecule has 0 spiro atoms. The summed E-state index contributed by atoms with van der Waals surface area (Å²) in [7, 11) is 0. The maximum atomic E-state index is 5.85. The molecule has 1 radical (unpaired) electrons. The second-order valence-corrected chi connectivity index (χ2v) is 9.09.